The molecule has 1 aliphatic heterocycles. The molecule has 0 radical (unpaired) electrons. The molecule has 0 spiro atoms. The fourth-order valence-corrected chi connectivity index (χ4v) is 1.50. The van der Waals surface area contributed by atoms with Crippen LogP contribution in [0.2, 0.25) is 0 Å². The van der Waals surface area contributed by atoms with Gasteiger partial charge >= 0.3 is 18.1 Å². The number of nitrogens with one attached hydrogen (secondary N) is 2. The number of ether oxygens (including phenoxy) is 1. The first-order valence-electron chi connectivity index (χ1n) is 5.90. The van der Waals surface area contributed by atoms with Gasteiger partial charge in [-0.2, -0.15) is 0 Å². The standard InChI is InChI=1S/C11H17N3O6/c1-11(2,3)20-10(19)12-4-6-8(17)14(5-7(15)16)9(18)13-6/h6H,4-5H2,1-3H3,(H,12,19)(H,13,18)(H,15,16). The Hall–Kier alpha value is -2.32. The van der Waals surface area contributed by atoms with Crippen molar-refractivity contribution in [1.29, 1.82) is 0 Å². The monoisotopic (exact) mass is 287 g/mol. The molecule has 3 N–H and O–H groups in total. The number of urea groups is 1. The summed E-state index contributed by atoms with van der Waals surface area (Å²) in [5.41, 5.74) is -0.678. The van der Waals surface area contributed by atoms with Gasteiger partial charge in [-0.1, -0.05) is 0 Å². The topological polar surface area (TPSA) is 125 Å². The predicted molar refractivity (Wildman–Crippen MR) is 65.9 cm³/mol. The van der Waals surface area contributed by atoms with Crippen molar-refractivity contribution in [3.8, 4) is 0 Å². The van der Waals surface area contributed by atoms with Gasteiger partial charge in [-0.3, -0.25) is 14.5 Å². The van der Waals surface area contributed by atoms with Crippen molar-refractivity contribution in [2.45, 2.75) is 32.4 Å². The van der Waals surface area contributed by atoms with Gasteiger partial charge in [0.25, 0.3) is 5.91 Å². The van der Waals surface area contributed by atoms with E-state index in [1.807, 2.05) is 0 Å². The predicted octanol–water partition coefficient (Wildman–Crippen LogP) is -0.484. The van der Waals surface area contributed by atoms with Crippen LogP contribution in [0.25, 0.3) is 0 Å². The van der Waals surface area contributed by atoms with Crippen molar-refractivity contribution in [3.05, 3.63) is 0 Å². The van der Waals surface area contributed by atoms with Gasteiger partial charge in [0, 0.05) is 0 Å². The molecule has 112 valence electrons. The molecular weight excluding hydrogens is 270 g/mol. The van der Waals surface area contributed by atoms with E-state index in [0.29, 0.717) is 4.90 Å². The summed E-state index contributed by atoms with van der Waals surface area (Å²) in [5, 5.41) is 13.2. The maximum atomic E-state index is 11.7. The third kappa shape index (κ3) is 4.41. The molecule has 9 heteroatoms. The lowest BCUT2D eigenvalue weighted by Crippen LogP contribution is -2.43. The van der Waals surface area contributed by atoms with Gasteiger partial charge in [0.1, 0.15) is 18.2 Å². The number of aliphatic carboxylic acids is 1. The molecule has 1 fully saturated rings. The van der Waals surface area contributed by atoms with Crippen molar-refractivity contribution < 1.29 is 29.0 Å². The van der Waals surface area contributed by atoms with Crippen LogP contribution in [0.3, 0.4) is 0 Å². The second-order valence-corrected chi connectivity index (χ2v) is 5.20. The zero-order chi connectivity index (χ0) is 15.5. The van der Waals surface area contributed by atoms with Crippen LogP contribution in [0.15, 0.2) is 0 Å². The number of carboxylic acids is 1. The summed E-state index contributed by atoms with van der Waals surface area (Å²) in [5.74, 6) is -2.00. The Morgan fingerprint density at radius 1 is 1.40 bits per heavy atom. The van der Waals surface area contributed by atoms with E-state index in [-0.39, 0.29) is 6.54 Å². The molecule has 9 nitrogen and oxygen atoms in total. The van der Waals surface area contributed by atoms with Crippen molar-refractivity contribution in [2.75, 3.05) is 13.1 Å². The number of hydrogen-bond acceptors (Lipinski definition) is 5. The van der Waals surface area contributed by atoms with Gasteiger partial charge in [-0.05, 0) is 20.8 Å². The summed E-state index contributed by atoms with van der Waals surface area (Å²) in [6.07, 6.45) is -0.726. The third-order valence-corrected chi connectivity index (χ3v) is 2.25. The van der Waals surface area contributed by atoms with Crippen LogP contribution in [0.4, 0.5) is 9.59 Å². The molecule has 0 saturated carbocycles. The molecule has 20 heavy (non-hydrogen) atoms. The van der Waals surface area contributed by atoms with E-state index < -0.39 is 42.2 Å². The highest BCUT2D eigenvalue weighted by Crippen LogP contribution is 2.08. The smallest absolute Gasteiger partial charge is 0.407 e. The largest absolute Gasteiger partial charge is 0.480 e. The van der Waals surface area contributed by atoms with Crippen LogP contribution >= 0.6 is 0 Å². The number of carbonyl (C=O) groups is 4. The molecule has 0 aliphatic carbocycles. The molecule has 1 atom stereocenters. The zero-order valence-electron chi connectivity index (χ0n) is 11.4. The molecule has 0 aromatic carbocycles. The van der Waals surface area contributed by atoms with Gasteiger partial charge < -0.3 is 20.5 Å². The van der Waals surface area contributed by atoms with Gasteiger partial charge in [-0.25, -0.2) is 9.59 Å². The van der Waals surface area contributed by atoms with Crippen LogP contribution in [-0.2, 0) is 14.3 Å². The third-order valence-electron chi connectivity index (χ3n) is 2.25. The highest BCUT2D eigenvalue weighted by molar-refractivity contribution is 6.06. The molecule has 4 amide bonds. The van der Waals surface area contributed by atoms with E-state index in [9.17, 15) is 19.2 Å². The average molecular weight is 287 g/mol. The van der Waals surface area contributed by atoms with E-state index >= 15 is 0 Å². The van der Waals surface area contributed by atoms with E-state index in [1.54, 1.807) is 20.8 Å². The quantitative estimate of drug-likeness (QED) is 0.599. The maximum absolute atomic E-state index is 11.7. The Bertz CT molecular complexity index is 442. The molecule has 1 saturated heterocycles. The number of carboxylic acid groups (broad SMARTS) is 1. The van der Waals surface area contributed by atoms with Crippen LogP contribution in [0, 0.1) is 0 Å². The number of rotatable bonds is 4. The lowest BCUT2D eigenvalue weighted by Gasteiger charge is -2.20. The van der Waals surface area contributed by atoms with Gasteiger partial charge in [-0.15, -0.1) is 0 Å². The Balaban J connectivity index is 2.50. The molecule has 1 unspecified atom stereocenters. The number of nitrogens with zero attached hydrogens (tertiary/aromatic N) is 1. The summed E-state index contributed by atoms with van der Waals surface area (Å²) in [6, 6.07) is -1.79. The van der Waals surface area contributed by atoms with Crippen molar-refractivity contribution in [3.63, 3.8) is 0 Å². The minimum atomic E-state index is -1.30. The highest BCUT2D eigenvalue weighted by Gasteiger charge is 2.39. The Labute approximate surface area is 115 Å². The van der Waals surface area contributed by atoms with Gasteiger partial charge in [0.2, 0.25) is 0 Å². The fourth-order valence-electron chi connectivity index (χ4n) is 1.50. The van der Waals surface area contributed by atoms with Crippen molar-refractivity contribution in [1.82, 2.24) is 15.5 Å². The molecule has 0 bridgehead atoms. The Kier molecular flexibility index (Phi) is 4.53. The maximum Gasteiger partial charge on any atom is 0.407 e. The lowest BCUT2D eigenvalue weighted by atomic mass is 10.2. The minimum Gasteiger partial charge on any atom is -0.480 e. The van der Waals surface area contributed by atoms with Crippen LogP contribution in [-0.4, -0.2) is 58.7 Å². The first kappa shape index (κ1) is 15.7. The van der Waals surface area contributed by atoms with Crippen LogP contribution in [0.1, 0.15) is 20.8 Å². The van der Waals surface area contributed by atoms with Crippen LogP contribution in [0.5, 0.6) is 0 Å². The van der Waals surface area contributed by atoms with E-state index in [0.717, 1.165) is 0 Å². The average Bonchev–Trinajstić information content (AvgIpc) is 2.51. The first-order valence-corrected chi connectivity index (χ1v) is 5.90. The van der Waals surface area contributed by atoms with E-state index in [2.05, 4.69) is 10.6 Å². The van der Waals surface area contributed by atoms with Gasteiger partial charge in [0.15, 0.2) is 0 Å². The number of imide groups is 1. The summed E-state index contributed by atoms with van der Waals surface area (Å²) in [4.78, 5) is 45.6. The molecule has 1 rings (SSSR count). The SMILES string of the molecule is CC(C)(C)OC(=O)NCC1NC(=O)N(CC(=O)O)C1=O. The zero-order valence-corrected chi connectivity index (χ0v) is 11.4. The first-order chi connectivity index (χ1) is 9.10. The van der Waals surface area contributed by atoms with Crippen molar-refractivity contribution in [2.24, 2.45) is 0 Å². The second kappa shape index (κ2) is 5.76. The number of amides is 4. The van der Waals surface area contributed by atoms with E-state index in [4.69, 9.17) is 9.84 Å². The summed E-state index contributed by atoms with van der Waals surface area (Å²) >= 11 is 0. The molecule has 1 aliphatic rings. The van der Waals surface area contributed by atoms with Crippen molar-refractivity contribution >= 4 is 24.0 Å². The second-order valence-electron chi connectivity index (χ2n) is 5.20. The molecule has 1 heterocycles. The molecule has 0 aromatic heterocycles. The fraction of sp³-hybridized carbons (Fsp3) is 0.636. The number of hydrogen-bond donors (Lipinski definition) is 3. The highest BCUT2D eigenvalue weighted by atomic mass is 16.6. The molecule has 0 aromatic rings. The van der Waals surface area contributed by atoms with E-state index in [1.165, 1.54) is 0 Å². The Morgan fingerprint density at radius 3 is 2.50 bits per heavy atom. The number of carbonyl (C=O) groups excluding carboxylic acids is 3. The lowest BCUT2D eigenvalue weighted by molar-refractivity contribution is -0.141. The normalized spacial score (nSPS) is 18.8. The summed E-state index contributed by atoms with van der Waals surface area (Å²) in [6.45, 7) is 4.17. The van der Waals surface area contributed by atoms with Gasteiger partial charge in [0.05, 0.1) is 6.54 Å². The number of alkyl carbamates (subject to hydrolysis) is 1. The molecular formula is C11H17N3O6. The van der Waals surface area contributed by atoms with Crippen LogP contribution < -0.4 is 10.6 Å². The Morgan fingerprint density at radius 2 is 2.00 bits per heavy atom. The summed E-state index contributed by atoms with van der Waals surface area (Å²) in [7, 11) is 0. The minimum absolute atomic E-state index is 0.171. The summed E-state index contributed by atoms with van der Waals surface area (Å²) < 4.78 is 4.97.